The highest BCUT2D eigenvalue weighted by atomic mass is 16.2. The number of nitrogens with zero attached hydrogens (tertiary/aromatic N) is 4. The monoisotopic (exact) mass is 440 g/mol. The van der Waals surface area contributed by atoms with E-state index in [0.717, 1.165) is 50.9 Å². The number of aryl methyl sites for hydroxylation is 1. The van der Waals surface area contributed by atoms with Gasteiger partial charge in [-0.1, -0.05) is 44.5 Å². The lowest BCUT2D eigenvalue weighted by Crippen LogP contribution is -2.56. The Bertz CT molecular complexity index is 791. The molecule has 32 heavy (non-hydrogen) atoms. The van der Waals surface area contributed by atoms with Crippen LogP contribution >= 0.6 is 0 Å². The molecular formula is C26H40N4O2. The summed E-state index contributed by atoms with van der Waals surface area (Å²) in [6, 6.07) is 9.02. The predicted octanol–water partition coefficient (Wildman–Crippen LogP) is 2.58. The minimum absolute atomic E-state index is 0.101. The van der Waals surface area contributed by atoms with Crippen LogP contribution in [0.4, 0.5) is 0 Å². The zero-order valence-electron chi connectivity index (χ0n) is 20.1. The van der Waals surface area contributed by atoms with E-state index in [4.69, 9.17) is 0 Å². The first kappa shape index (κ1) is 23.2. The second-order valence-electron chi connectivity index (χ2n) is 10.2. The number of hydrogen-bond donors (Lipinski definition) is 0. The van der Waals surface area contributed by atoms with Crippen LogP contribution in [0, 0.1) is 12.8 Å². The van der Waals surface area contributed by atoms with Gasteiger partial charge in [-0.2, -0.15) is 0 Å². The number of carbonyl (C=O) groups excluding carboxylic acids is 2. The maximum absolute atomic E-state index is 13.4. The maximum atomic E-state index is 13.4. The van der Waals surface area contributed by atoms with Crippen molar-refractivity contribution in [2.24, 2.45) is 5.92 Å². The zero-order chi connectivity index (χ0) is 22.7. The van der Waals surface area contributed by atoms with Crippen LogP contribution in [0.2, 0.25) is 0 Å². The zero-order valence-corrected chi connectivity index (χ0v) is 20.1. The van der Waals surface area contributed by atoms with Gasteiger partial charge in [0, 0.05) is 58.4 Å². The third-order valence-electron chi connectivity index (χ3n) is 7.76. The molecule has 4 rings (SSSR count). The van der Waals surface area contributed by atoms with Crippen molar-refractivity contribution in [3.63, 3.8) is 0 Å². The molecule has 6 heteroatoms. The Kier molecular flexibility index (Phi) is 7.51. The number of piperazine rings is 2. The normalized spacial score (nSPS) is 22.1. The molecule has 2 aliphatic heterocycles. The van der Waals surface area contributed by atoms with Gasteiger partial charge in [-0.05, 0) is 36.8 Å². The molecule has 1 aromatic rings. The summed E-state index contributed by atoms with van der Waals surface area (Å²) in [5, 5.41) is 0. The second kappa shape index (κ2) is 10.3. The van der Waals surface area contributed by atoms with Gasteiger partial charge in [0.1, 0.15) is 0 Å². The summed E-state index contributed by atoms with van der Waals surface area (Å²) in [5.41, 5.74) is 2.33. The molecule has 0 radical (unpaired) electrons. The number of rotatable bonds is 6. The molecule has 3 fully saturated rings. The Morgan fingerprint density at radius 3 is 2.09 bits per heavy atom. The van der Waals surface area contributed by atoms with Gasteiger partial charge >= 0.3 is 0 Å². The summed E-state index contributed by atoms with van der Waals surface area (Å²) in [4.78, 5) is 35.1. The minimum Gasteiger partial charge on any atom is -0.340 e. The number of amides is 2. The van der Waals surface area contributed by atoms with E-state index in [2.05, 4.69) is 42.7 Å². The molecule has 1 saturated carbocycles. The lowest BCUT2D eigenvalue weighted by atomic mass is 9.84. The van der Waals surface area contributed by atoms with Crippen molar-refractivity contribution in [3.8, 4) is 0 Å². The van der Waals surface area contributed by atoms with Gasteiger partial charge < -0.3 is 9.80 Å². The summed E-state index contributed by atoms with van der Waals surface area (Å²) in [6.07, 6.45) is 4.03. The van der Waals surface area contributed by atoms with Gasteiger partial charge in [0.05, 0.1) is 12.5 Å². The third-order valence-corrected chi connectivity index (χ3v) is 7.76. The van der Waals surface area contributed by atoms with Gasteiger partial charge in [0.2, 0.25) is 11.8 Å². The fraction of sp³-hybridized carbons (Fsp3) is 0.692. The van der Waals surface area contributed by atoms with Crippen LogP contribution < -0.4 is 0 Å². The highest BCUT2D eigenvalue weighted by Gasteiger charge is 2.33. The van der Waals surface area contributed by atoms with E-state index in [-0.39, 0.29) is 23.7 Å². The molecule has 176 valence electrons. The summed E-state index contributed by atoms with van der Waals surface area (Å²) < 4.78 is 0. The van der Waals surface area contributed by atoms with Crippen molar-refractivity contribution >= 4 is 11.8 Å². The highest BCUT2D eigenvalue weighted by Crippen LogP contribution is 2.30. The minimum atomic E-state index is -0.101. The van der Waals surface area contributed by atoms with Crippen molar-refractivity contribution in [1.82, 2.24) is 19.6 Å². The van der Waals surface area contributed by atoms with E-state index in [0.29, 0.717) is 19.6 Å². The molecule has 2 amide bonds. The van der Waals surface area contributed by atoms with Crippen molar-refractivity contribution < 1.29 is 9.59 Å². The Hall–Kier alpha value is -1.92. The predicted molar refractivity (Wildman–Crippen MR) is 128 cm³/mol. The number of hydrogen-bond acceptors (Lipinski definition) is 4. The Morgan fingerprint density at radius 1 is 0.906 bits per heavy atom. The fourth-order valence-electron chi connectivity index (χ4n) is 5.42. The average molecular weight is 441 g/mol. The molecule has 0 spiro atoms. The second-order valence-corrected chi connectivity index (χ2v) is 10.2. The van der Waals surface area contributed by atoms with Gasteiger partial charge in [-0.15, -0.1) is 0 Å². The fourth-order valence-corrected chi connectivity index (χ4v) is 5.42. The van der Waals surface area contributed by atoms with E-state index in [1.54, 1.807) is 0 Å². The molecule has 3 aliphatic rings. The van der Waals surface area contributed by atoms with Crippen LogP contribution in [-0.4, -0.2) is 96.4 Å². The topological polar surface area (TPSA) is 47.1 Å². The van der Waals surface area contributed by atoms with Crippen LogP contribution in [0.15, 0.2) is 24.3 Å². The molecule has 0 aromatic heterocycles. The van der Waals surface area contributed by atoms with Crippen molar-refractivity contribution in [2.45, 2.75) is 52.0 Å². The molecule has 1 atom stereocenters. The Labute approximate surface area is 193 Å². The van der Waals surface area contributed by atoms with Gasteiger partial charge in [-0.25, -0.2) is 0 Å². The molecule has 0 bridgehead atoms. The van der Waals surface area contributed by atoms with Crippen molar-refractivity contribution in [3.05, 3.63) is 35.4 Å². The van der Waals surface area contributed by atoms with Crippen molar-refractivity contribution in [2.75, 3.05) is 58.9 Å². The Morgan fingerprint density at radius 2 is 1.53 bits per heavy atom. The molecule has 6 nitrogen and oxygen atoms in total. The molecule has 2 saturated heterocycles. The first-order valence-electron chi connectivity index (χ1n) is 12.5. The van der Waals surface area contributed by atoms with Crippen LogP contribution in [0.25, 0.3) is 0 Å². The lowest BCUT2D eigenvalue weighted by molar-refractivity contribution is -0.137. The SMILES string of the molecule is Cc1ccccc1C(C(=O)N1CCN(CC(=O)N2CCN(C3CCC3)CC2)CC1)C(C)C. The maximum Gasteiger partial charge on any atom is 0.236 e. The number of carbonyl (C=O) groups is 2. The quantitative estimate of drug-likeness (QED) is 0.682. The van der Waals surface area contributed by atoms with Crippen LogP contribution in [0.3, 0.4) is 0 Å². The first-order chi connectivity index (χ1) is 15.4. The molecule has 0 N–H and O–H groups in total. The van der Waals surface area contributed by atoms with E-state index in [1.165, 1.54) is 24.8 Å². The molecule has 1 aromatic carbocycles. The van der Waals surface area contributed by atoms with E-state index < -0.39 is 0 Å². The molecule has 1 unspecified atom stereocenters. The largest absolute Gasteiger partial charge is 0.340 e. The van der Waals surface area contributed by atoms with Gasteiger partial charge in [0.25, 0.3) is 0 Å². The van der Waals surface area contributed by atoms with Crippen LogP contribution in [0.5, 0.6) is 0 Å². The van der Waals surface area contributed by atoms with Crippen LogP contribution in [-0.2, 0) is 9.59 Å². The van der Waals surface area contributed by atoms with E-state index >= 15 is 0 Å². The lowest BCUT2D eigenvalue weighted by Gasteiger charge is -2.43. The molecular weight excluding hydrogens is 400 g/mol. The number of benzene rings is 1. The Balaban J connectivity index is 1.26. The summed E-state index contributed by atoms with van der Waals surface area (Å²) >= 11 is 0. The summed E-state index contributed by atoms with van der Waals surface area (Å²) in [7, 11) is 0. The van der Waals surface area contributed by atoms with E-state index in [9.17, 15) is 9.59 Å². The standard InChI is InChI=1S/C26H40N4O2/c1-20(2)25(23-10-5-4-7-21(23)3)26(32)30-13-11-27(12-14-30)19-24(31)29-17-15-28(16-18-29)22-8-6-9-22/h4-5,7,10,20,22,25H,6,8-9,11-19H2,1-3H3. The summed E-state index contributed by atoms with van der Waals surface area (Å²) in [6.45, 7) is 13.6. The van der Waals surface area contributed by atoms with Crippen LogP contribution in [0.1, 0.15) is 50.2 Å². The van der Waals surface area contributed by atoms with Gasteiger partial charge in [-0.3, -0.25) is 19.4 Å². The third kappa shape index (κ3) is 5.18. The first-order valence-corrected chi connectivity index (χ1v) is 12.5. The summed E-state index contributed by atoms with van der Waals surface area (Å²) in [5.74, 6) is 0.628. The van der Waals surface area contributed by atoms with E-state index in [1.807, 2.05) is 21.9 Å². The van der Waals surface area contributed by atoms with Crippen molar-refractivity contribution in [1.29, 1.82) is 0 Å². The molecule has 2 heterocycles. The molecule has 1 aliphatic carbocycles. The van der Waals surface area contributed by atoms with Gasteiger partial charge in [0.15, 0.2) is 0 Å². The highest BCUT2D eigenvalue weighted by molar-refractivity contribution is 5.84. The smallest absolute Gasteiger partial charge is 0.236 e. The average Bonchev–Trinajstić information content (AvgIpc) is 2.75.